The molecule has 0 aromatic heterocycles. The van der Waals surface area contributed by atoms with Crippen LogP contribution in [0.25, 0.3) is 0 Å². The summed E-state index contributed by atoms with van der Waals surface area (Å²) in [4.78, 5) is 55.0. The van der Waals surface area contributed by atoms with Crippen molar-refractivity contribution in [1.29, 1.82) is 0 Å². The van der Waals surface area contributed by atoms with Gasteiger partial charge in [0.2, 0.25) is 5.91 Å². The third-order valence-corrected chi connectivity index (χ3v) is 6.47. The molecule has 2 saturated heterocycles. The molecule has 0 spiro atoms. The van der Waals surface area contributed by atoms with Crippen molar-refractivity contribution in [2.75, 3.05) is 57.9 Å². The molecule has 11 heteroatoms. The highest BCUT2D eigenvalue weighted by molar-refractivity contribution is 6.08. The van der Waals surface area contributed by atoms with E-state index in [4.69, 9.17) is 14.2 Å². The van der Waals surface area contributed by atoms with E-state index in [9.17, 15) is 19.2 Å². The number of imide groups is 1. The van der Waals surface area contributed by atoms with Crippen LogP contribution in [0.2, 0.25) is 0 Å². The summed E-state index contributed by atoms with van der Waals surface area (Å²) in [6.07, 6.45) is 0.138. The number of anilines is 1. The maximum atomic E-state index is 13.3. The minimum Gasteiger partial charge on any atom is -0.489 e. The van der Waals surface area contributed by atoms with Crippen LogP contribution in [-0.2, 0) is 20.7 Å². The molecule has 0 saturated carbocycles. The van der Waals surface area contributed by atoms with Gasteiger partial charge >= 0.3 is 12.1 Å². The van der Waals surface area contributed by atoms with E-state index in [1.807, 2.05) is 26.8 Å². The molecule has 1 aromatic rings. The molecule has 0 radical (unpaired) electrons. The highest BCUT2D eigenvalue weighted by Crippen LogP contribution is 2.41. The van der Waals surface area contributed by atoms with Gasteiger partial charge < -0.3 is 28.9 Å². The van der Waals surface area contributed by atoms with E-state index in [1.165, 1.54) is 4.90 Å². The molecule has 36 heavy (non-hydrogen) atoms. The Labute approximate surface area is 210 Å². The van der Waals surface area contributed by atoms with E-state index >= 15 is 0 Å². The number of hydrogen-bond donors (Lipinski definition) is 1. The first-order chi connectivity index (χ1) is 17.1. The van der Waals surface area contributed by atoms with Crippen molar-refractivity contribution in [3.63, 3.8) is 0 Å². The Balaban J connectivity index is 1.55. The van der Waals surface area contributed by atoms with E-state index in [0.29, 0.717) is 57.1 Å². The number of nitrogens with one attached hydrogen (secondary N) is 1. The van der Waals surface area contributed by atoms with Crippen LogP contribution in [0.5, 0.6) is 5.75 Å². The number of fused-ring (bicyclic) bond motifs is 1. The molecule has 1 aromatic carbocycles. The molecule has 0 bridgehead atoms. The number of rotatable bonds is 6. The molecule has 4 rings (SSSR count). The maximum Gasteiger partial charge on any atom is 0.410 e. The predicted octanol–water partition coefficient (Wildman–Crippen LogP) is 1.82. The summed E-state index contributed by atoms with van der Waals surface area (Å²) >= 11 is 0. The van der Waals surface area contributed by atoms with Crippen LogP contribution >= 0.6 is 0 Å². The van der Waals surface area contributed by atoms with Crippen LogP contribution in [0.15, 0.2) is 12.1 Å². The Morgan fingerprint density at radius 3 is 2.42 bits per heavy atom. The predicted molar refractivity (Wildman–Crippen MR) is 131 cm³/mol. The molecule has 196 valence electrons. The zero-order valence-electron chi connectivity index (χ0n) is 21.3. The lowest BCUT2D eigenvalue weighted by Gasteiger charge is -2.37. The summed E-state index contributed by atoms with van der Waals surface area (Å²) in [5.74, 6) is 0.0996. The number of piperazine rings is 1. The lowest BCUT2D eigenvalue weighted by molar-refractivity contribution is -0.121. The fourth-order valence-corrected chi connectivity index (χ4v) is 4.73. The minimum atomic E-state index is -0.683. The number of hydrogen-bond acceptors (Lipinski definition) is 8. The van der Waals surface area contributed by atoms with Crippen molar-refractivity contribution < 1.29 is 33.4 Å². The molecule has 11 nitrogen and oxygen atoms in total. The Hall–Kier alpha value is -3.34. The van der Waals surface area contributed by atoms with Crippen molar-refractivity contribution >= 4 is 29.5 Å². The van der Waals surface area contributed by atoms with Gasteiger partial charge in [-0.15, -0.1) is 0 Å². The Morgan fingerprint density at radius 2 is 1.78 bits per heavy atom. The first-order valence-corrected chi connectivity index (χ1v) is 12.2. The second-order valence-electron chi connectivity index (χ2n) is 10.1. The number of methoxy groups -OCH3 is 1. The third kappa shape index (κ3) is 5.40. The quantitative estimate of drug-likeness (QED) is 0.586. The summed E-state index contributed by atoms with van der Waals surface area (Å²) < 4.78 is 16.8. The number of urea groups is 1. The number of benzene rings is 1. The zero-order chi connectivity index (χ0) is 26.0. The molecule has 1 N–H and O–H groups in total. The third-order valence-electron chi connectivity index (χ3n) is 6.47. The molecule has 3 aliphatic rings. The number of ketones is 1. The van der Waals surface area contributed by atoms with E-state index in [2.05, 4.69) is 10.2 Å². The molecule has 1 aliphatic carbocycles. The van der Waals surface area contributed by atoms with Crippen LogP contribution in [0.3, 0.4) is 0 Å². The lowest BCUT2D eigenvalue weighted by Crippen LogP contribution is -2.55. The fraction of sp³-hybridized carbons (Fsp3) is 0.600. The van der Waals surface area contributed by atoms with Crippen LogP contribution in [0, 0.1) is 0 Å². The van der Waals surface area contributed by atoms with Gasteiger partial charge in [-0.1, -0.05) is 0 Å². The summed E-state index contributed by atoms with van der Waals surface area (Å²) in [6, 6.07) is 2.42. The largest absolute Gasteiger partial charge is 0.489 e. The van der Waals surface area contributed by atoms with Crippen molar-refractivity contribution in [1.82, 2.24) is 15.1 Å². The zero-order valence-corrected chi connectivity index (χ0v) is 21.3. The number of carbonyl (C=O) groups excluding carboxylic acids is 4. The van der Waals surface area contributed by atoms with Crippen LogP contribution in [0.1, 0.15) is 43.1 Å². The molecule has 4 amide bonds. The number of Topliss-reactive ketones (excluding diaryl/α,β-unsaturated/α-hetero) is 1. The first-order valence-electron chi connectivity index (χ1n) is 12.2. The first kappa shape index (κ1) is 25.7. The lowest BCUT2D eigenvalue weighted by atomic mass is 10.1. The SMILES string of the molecule is COCCOc1c(N2CCN(C(=O)OC(C)(C)C)CC2)ccc2c1CC(N1CCC(=O)NC1=O)C2=O. The topological polar surface area (TPSA) is 118 Å². The monoisotopic (exact) mass is 502 g/mol. The van der Waals surface area contributed by atoms with Crippen molar-refractivity contribution in [2.24, 2.45) is 0 Å². The summed E-state index contributed by atoms with van der Waals surface area (Å²) in [5, 5.41) is 2.30. The van der Waals surface area contributed by atoms with E-state index in [1.54, 1.807) is 18.1 Å². The number of carbonyl (C=O) groups is 4. The van der Waals surface area contributed by atoms with Crippen LogP contribution < -0.4 is 15.0 Å². The van der Waals surface area contributed by atoms with Gasteiger partial charge in [0.15, 0.2) is 5.78 Å². The maximum absolute atomic E-state index is 13.3. The highest BCUT2D eigenvalue weighted by Gasteiger charge is 2.42. The Morgan fingerprint density at radius 1 is 1.06 bits per heavy atom. The van der Waals surface area contributed by atoms with Gasteiger partial charge in [-0.25, -0.2) is 9.59 Å². The van der Waals surface area contributed by atoms with E-state index in [0.717, 1.165) is 11.3 Å². The van der Waals surface area contributed by atoms with Gasteiger partial charge in [0.05, 0.1) is 12.3 Å². The minimum absolute atomic E-state index is 0.160. The molecule has 2 heterocycles. The molecular weight excluding hydrogens is 468 g/mol. The average molecular weight is 503 g/mol. The van der Waals surface area contributed by atoms with E-state index < -0.39 is 17.7 Å². The molecule has 1 atom stereocenters. The summed E-state index contributed by atoms with van der Waals surface area (Å²) in [6.45, 7) is 8.55. The second kappa shape index (κ2) is 10.3. The Kier molecular flexibility index (Phi) is 7.39. The standard InChI is InChI=1S/C25H34N4O7/c1-25(2,3)36-24(33)28-11-9-27(10-12-28)18-6-5-16-17(22(18)35-14-13-34-4)15-19(21(16)31)29-8-7-20(30)26-23(29)32/h5-6,19H,7-15H2,1-4H3,(H,26,30,32). The fourth-order valence-electron chi connectivity index (χ4n) is 4.73. The summed E-state index contributed by atoms with van der Waals surface area (Å²) in [5.41, 5.74) is 1.55. The molecule has 2 fully saturated rings. The van der Waals surface area contributed by atoms with Crippen LogP contribution in [0.4, 0.5) is 15.3 Å². The molecule has 2 aliphatic heterocycles. The molecular formula is C25H34N4O7. The van der Waals surface area contributed by atoms with E-state index in [-0.39, 0.29) is 30.7 Å². The van der Waals surface area contributed by atoms with Gasteiger partial charge in [0.25, 0.3) is 0 Å². The van der Waals surface area contributed by atoms with Gasteiger partial charge in [0, 0.05) is 63.8 Å². The second-order valence-corrected chi connectivity index (χ2v) is 10.1. The summed E-state index contributed by atoms with van der Waals surface area (Å²) in [7, 11) is 1.59. The smallest absolute Gasteiger partial charge is 0.410 e. The highest BCUT2D eigenvalue weighted by atomic mass is 16.6. The number of amides is 4. The average Bonchev–Trinajstić information content (AvgIpc) is 3.15. The number of ether oxygens (including phenoxy) is 3. The van der Waals surface area contributed by atoms with Gasteiger partial charge in [-0.05, 0) is 32.9 Å². The van der Waals surface area contributed by atoms with Crippen LogP contribution in [-0.4, -0.2) is 98.3 Å². The van der Waals surface area contributed by atoms with Gasteiger partial charge in [-0.3, -0.25) is 14.9 Å². The normalized spacial score (nSPS) is 20.4. The van der Waals surface area contributed by atoms with Gasteiger partial charge in [0.1, 0.15) is 24.0 Å². The van der Waals surface area contributed by atoms with Gasteiger partial charge in [-0.2, -0.15) is 0 Å². The number of nitrogens with zero attached hydrogens (tertiary/aromatic N) is 3. The molecule has 1 unspecified atom stereocenters. The Bertz CT molecular complexity index is 1040. The van der Waals surface area contributed by atoms with Crippen molar-refractivity contribution in [3.05, 3.63) is 23.3 Å². The van der Waals surface area contributed by atoms with Crippen molar-refractivity contribution in [3.8, 4) is 5.75 Å². The van der Waals surface area contributed by atoms with Crippen molar-refractivity contribution in [2.45, 2.75) is 45.3 Å².